The molecule has 1 aromatic carbocycles. The van der Waals surface area contributed by atoms with Crippen LogP contribution in [0.1, 0.15) is 5.56 Å². The highest BCUT2D eigenvalue weighted by atomic mass is 19.4. The third-order valence-corrected chi connectivity index (χ3v) is 1.39. The Kier molecular flexibility index (Phi) is 5.69. The number of rotatable bonds is 2. The maximum atomic E-state index is 11.7. The van der Waals surface area contributed by atoms with E-state index in [1.54, 1.807) is 0 Å². The summed E-state index contributed by atoms with van der Waals surface area (Å²) in [7, 11) is 0.500. The molecule has 2 nitrogen and oxygen atoms in total. The molecule has 0 aromatic heterocycles. The Balaban J connectivity index is 0.000000921. The second-order valence-electron chi connectivity index (χ2n) is 2.40. The molecule has 0 saturated carbocycles. The predicted octanol–water partition coefficient (Wildman–Crippen LogP) is 2.63. The van der Waals surface area contributed by atoms with E-state index in [0.717, 1.165) is 5.56 Å². The van der Waals surface area contributed by atoms with Gasteiger partial charge in [-0.2, -0.15) is 0 Å². The van der Waals surface area contributed by atoms with Gasteiger partial charge in [-0.1, -0.05) is 12.1 Å². The van der Waals surface area contributed by atoms with E-state index >= 15 is 0 Å². The largest absolute Gasteiger partial charge is 0.573 e. The molecule has 0 bridgehead atoms. The highest BCUT2D eigenvalue weighted by Gasteiger charge is 2.30. The molecule has 0 fully saturated rings. The number of alkyl halides is 4. The quantitative estimate of drug-likeness (QED) is 0.785. The average molecular weight is 225 g/mol. The third kappa shape index (κ3) is 5.90. The molecule has 0 amide bonds. The summed E-state index contributed by atoms with van der Waals surface area (Å²) >= 11 is 0. The summed E-state index contributed by atoms with van der Waals surface area (Å²) in [4.78, 5) is 0. The van der Waals surface area contributed by atoms with Gasteiger partial charge in [0.05, 0.1) is 7.18 Å². The minimum Gasteiger partial charge on any atom is -0.406 e. The second-order valence-corrected chi connectivity index (χ2v) is 2.40. The van der Waals surface area contributed by atoms with Gasteiger partial charge in [-0.3, -0.25) is 4.39 Å². The summed E-state index contributed by atoms with van der Waals surface area (Å²) in [6.07, 6.45) is -4.63. The summed E-state index contributed by atoms with van der Waals surface area (Å²) in [5.41, 5.74) is 6.02. The van der Waals surface area contributed by atoms with E-state index in [1.165, 1.54) is 24.3 Å². The van der Waals surface area contributed by atoms with Crippen molar-refractivity contribution in [2.45, 2.75) is 12.9 Å². The molecule has 1 rings (SSSR count). The van der Waals surface area contributed by atoms with Gasteiger partial charge in [-0.05, 0) is 17.7 Å². The van der Waals surface area contributed by atoms with Crippen LogP contribution in [0, 0.1) is 0 Å². The molecular formula is C9H11F4NO. The second kappa shape index (κ2) is 6.23. The Hall–Kier alpha value is -1.30. The Morgan fingerprint density at radius 3 is 1.93 bits per heavy atom. The third-order valence-electron chi connectivity index (χ3n) is 1.39. The lowest BCUT2D eigenvalue weighted by Crippen LogP contribution is -2.17. The zero-order valence-electron chi connectivity index (χ0n) is 8.01. The molecule has 0 heterocycles. The standard InChI is InChI=1S/C8H8F3NO.CH3F/c9-8(10,11)13-7-3-1-6(5-12)2-4-7;1-2/h1-4H,5,12H2;1H3. The molecule has 15 heavy (non-hydrogen) atoms. The van der Waals surface area contributed by atoms with Crippen molar-refractivity contribution >= 4 is 0 Å². The SMILES string of the molecule is CF.NCc1ccc(OC(F)(F)F)cc1. The van der Waals surface area contributed by atoms with Crippen LogP contribution >= 0.6 is 0 Å². The molecule has 0 saturated heterocycles. The Bertz CT molecular complexity index is 270. The minimum absolute atomic E-state index is 0.232. The van der Waals surface area contributed by atoms with Crippen molar-refractivity contribution in [3.05, 3.63) is 29.8 Å². The zero-order chi connectivity index (χ0) is 11.9. The van der Waals surface area contributed by atoms with E-state index in [4.69, 9.17) is 5.73 Å². The number of hydrogen-bond acceptors (Lipinski definition) is 2. The van der Waals surface area contributed by atoms with Gasteiger partial charge >= 0.3 is 6.36 Å². The van der Waals surface area contributed by atoms with Crippen LogP contribution in [0.5, 0.6) is 5.75 Å². The fourth-order valence-corrected chi connectivity index (χ4v) is 0.827. The summed E-state index contributed by atoms with van der Waals surface area (Å²) in [6, 6.07) is 5.44. The van der Waals surface area contributed by atoms with Gasteiger partial charge in [0.15, 0.2) is 0 Å². The van der Waals surface area contributed by atoms with Gasteiger partial charge in [-0.15, -0.1) is 13.2 Å². The topological polar surface area (TPSA) is 35.2 Å². The maximum absolute atomic E-state index is 11.7. The molecule has 1 aromatic rings. The van der Waals surface area contributed by atoms with Crippen LogP contribution in [0.15, 0.2) is 24.3 Å². The van der Waals surface area contributed by atoms with Crippen molar-refractivity contribution in [3.8, 4) is 5.75 Å². The fraction of sp³-hybridized carbons (Fsp3) is 0.333. The van der Waals surface area contributed by atoms with E-state index in [-0.39, 0.29) is 5.75 Å². The van der Waals surface area contributed by atoms with Gasteiger partial charge in [0.1, 0.15) is 5.75 Å². The van der Waals surface area contributed by atoms with Crippen LogP contribution in [0.3, 0.4) is 0 Å². The van der Waals surface area contributed by atoms with E-state index in [9.17, 15) is 17.6 Å². The Labute approximate surface area is 84.6 Å². The maximum Gasteiger partial charge on any atom is 0.573 e. The molecule has 0 radical (unpaired) electrons. The molecule has 86 valence electrons. The molecular weight excluding hydrogens is 214 g/mol. The lowest BCUT2D eigenvalue weighted by Gasteiger charge is -2.08. The van der Waals surface area contributed by atoms with Crippen LogP contribution in [0.4, 0.5) is 17.6 Å². The van der Waals surface area contributed by atoms with Crippen LogP contribution in [0.2, 0.25) is 0 Å². The average Bonchev–Trinajstić information content (AvgIpc) is 2.20. The van der Waals surface area contributed by atoms with Crippen molar-refractivity contribution in [2.75, 3.05) is 7.18 Å². The Morgan fingerprint density at radius 2 is 1.60 bits per heavy atom. The number of halogens is 4. The van der Waals surface area contributed by atoms with Crippen molar-refractivity contribution in [1.29, 1.82) is 0 Å². The van der Waals surface area contributed by atoms with Crippen molar-refractivity contribution in [3.63, 3.8) is 0 Å². The van der Waals surface area contributed by atoms with Crippen LogP contribution in [0.25, 0.3) is 0 Å². The van der Waals surface area contributed by atoms with Crippen molar-refractivity contribution < 1.29 is 22.3 Å². The first kappa shape index (κ1) is 13.7. The normalized spacial score (nSPS) is 10.3. The number of nitrogens with two attached hydrogens (primary N) is 1. The minimum atomic E-state index is -4.63. The zero-order valence-corrected chi connectivity index (χ0v) is 8.01. The first-order valence-corrected chi connectivity index (χ1v) is 3.94. The molecule has 0 aliphatic heterocycles. The monoisotopic (exact) mass is 225 g/mol. The number of hydrogen-bond donors (Lipinski definition) is 1. The first-order chi connectivity index (χ1) is 7.01. The van der Waals surface area contributed by atoms with Gasteiger partial charge in [0.25, 0.3) is 0 Å². The molecule has 0 aliphatic carbocycles. The lowest BCUT2D eigenvalue weighted by atomic mass is 10.2. The fourth-order valence-electron chi connectivity index (χ4n) is 0.827. The highest BCUT2D eigenvalue weighted by molar-refractivity contribution is 5.27. The first-order valence-electron chi connectivity index (χ1n) is 3.94. The van der Waals surface area contributed by atoms with Crippen LogP contribution in [-0.2, 0) is 6.54 Å². The summed E-state index contributed by atoms with van der Waals surface area (Å²) in [5, 5.41) is 0. The highest BCUT2D eigenvalue weighted by Crippen LogP contribution is 2.22. The van der Waals surface area contributed by atoms with E-state index in [2.05, 4.69) is 4.74 Å². The molecule has 0 atom stereocenters. The lowest BCUT2D eigenvalue weighted by molar-refractivity contribution is -0.274. The molecule has 6 heteroatoms. The summed E-state index contributed by atoms with van der Waals surface area (Å²) < 4.78 is 48.2. The van der Waals surface area contributed by atoms with E-state index in [0.29, 0.717) is 13.7 Å². The van der Waals surface area contributed by atoms with Gasteiger partial charge in [0.2, 0.25) is 0 Å². The van der Waals surface area contributed by atoms with Gasteiger partial charge in [0, 0.05) is 6.54 Å². The predicted molar refractivity (Wildman–Crippen MR) is 48.0 cm³/mol. The summed E-state index contributed by atoms with van der Waals surface area (Å²) in [6.45, 7) is 0.298. The smallest absolute Gasteiger partial charge is 0.406 e. The molecule has 2 N–H and O–H groups in total. The number of benzene rings is 1. The molecule has 0 unspecified atom stereocenters. The molecule has 0 aliphatic rings. The van der Waals surface area contributed by atoms with Gasteiger partial charge < -0.3 is 10.5 Å². The van der Waals surface area contributed by atoms with E-state index < -0.39 is 6.36 Å². The van der Waals surface area contributed by atoms with Crippen molar-refractivity contribution in [1.82, 2.24) is 0 Å². The Morgan fingerprint density at radius 1 is 1.13 bits per heavy atom. The number of ether oxygens (including phenoxy) is 1. The van der Waals surface area contributed by atoms with E-state index in [1.807, 2.05) is 0 Å². The van der Waals surface area contributed by atoms with Crippen LogP contribution < -0.4 is 10.5 Å². The van der Waals surface area contributed by atoms with Gasteiger partial charge in [-0.25, -0.2) is 0 Å². The van der Waals surface area contributed by atoms with Crippen molar-refractivity contribution in [2.24, 2.45) is 5.73 Å². The van der Waals surface area contributed by atoms with Crippen LogP contribution in [-0.4, -0.2) is 13.5 Å². The molecule has 0 spiro atoms. The summed E-state index contributed by atoms with van der Waals surface area (Å²) in [5.74, 6) is -0.232.